The lowest BCUT2D eigenvalue weighted by atomic mass is 10.1. The summed E-state index contributed by atoms with van der Waals surface area (Å²) < 4.78 is 5.85. The first-order chi connectivity index (χ1) is 14.6. The van der Waals surface area contributed by atoms with Crippen LogP contribution >= 0.6 is 11.3 Å². The molecule has 0 radical (unpaired) electrons. The van der Waals surface area contributed by atoms with Crippen LogP contribution in [0.1, 0.15) is 32.3 Å². The molecule has 0 amide bonds. The lowest BCUT2D eigenvalue weighted by Crippen LogP contribution is -2.37. The molecule has 0 aliphatic rings. The summed E-state index contributed by atoms with van der Waals surface area (Å²) in [5, 5.41) is 7.91. The number of ether oxygens (including phenoxy) is 1. The number of hydrogen-bond acceptors (Lipinski definition) is 4. The van der Waals surface area contributed by atoms with Gasteiger partial charge < -0.3 is 15.4 Å². The van der Waals surface area contributed by atoms with Crippen LogP contribution in [0.5, 0.6) is 0 Å². The average molecular weight is 423 g/mol. The number of thiazole rings is 1. The van der Waals surface area contributed by atoms with Crippen molar-refractivity contribution in [2.45, 2.75) is 40.0 Å². The van der Waals surface area contributed by atoms with E-state index in [0.29, 0.717) is 19.8 Å². The maximum absolute atomic E-state index is 5.85. The molecule has 0 fully saturated rings. The second-order valence-electron chi connectivity index (χ2n) is 7.15. The number of benzene rings is 2. The number of aryl methyl sites for hydroxylation is 2. The van der Waals surface area contributed by atoms with Gasteiger partial charge in [-0.25, -0.2) is 4.98 Å². The predicted octanol–water partition coefficient (Wildman–Crippen LogP) is 4.38. The Bertz CT molecular complexity index is 933. The molecule has 3 aromatic rings. The normalized spacial score (nSPS) is 11.5. The SMILES string of the molecule is CN=C(NCCc1nc(C)c(C)s1)NCc1cccc(COCc2ccccc2)c1. The van der Waals surface area contributed by atoms with Gasteiger partial charge in [-0.3, -0.25) is 4.99 Å². The van der Waals surface area contributed by atoms with Crippen LogP contribution in [-0.2, 0) is 30.9 Å². The number of hydrogen-bond donors (Lipinski definition) is 2. The summed E-state index contributed by atoms with van der Waals surface area (Å²) in [7, 11) is 1.79. The Balaban J connectivity index is 1.41. The molecule has 0 bridgehead atoms. The van der Waals surface area contributed by atoms with E-state index in [4.69, 9.17) is 4.74 Å². The number of rotatable bonds is 9. The van der Waals surface area contributed by atoms with Gasteiger partial charge in [0.05, 0.1) is 23.9 Å². The monoisotopic (exact) mass is 422 g/mol. The summed E-state index contributed by atoms with van der Waals surface area (Å²) in [4.78, 5) is 10.2. The summed E-state index contributed by atoms with van der Waals surface area (Å²) in [6.07, 6.45) is 0.897. The maximum atomic E-state index is 5.85. The highest BCUT2D eigenvalue weighted by Crippen LogP contribution is 2.16. The number of nitrogens with zero attached hydrogens (tertiary/aromatic N) is 2. The minimum atomic E-state index is 0.600. The van der Waals surface area contributed by atoms with Crippen molar-refractivity contribution in [3.63, 3.8) is 0 Å². The Morgan fingerprint density at radius 3 is 2.43 bits per heavy atom. The van der Waals surface area contributed by atoms with Crippen LogP contribution in [-0.4, -0.2) is 24.5 Å². The molecule has 0 aliphatic carbocycles. The molecule has 0 atom stereocenters. The zero-order chi connectivity index (χ0) is 21.2. The minimum Gasteiger partial charge on any atom is -0.372 e. The van der Waals surface area contributed by atoms with E-state index in [-0.39, 0.29) is 0 Å². The van der Waals surface area contributed by atoms with E-state index in [1.54, 1.807) is 18.4 Å². The van der Waals surface area contributed by atoms with Gasteiger partial charge in [0.15, 0.2) is 5.96 Å². The van der Waals surface area contributed by atoms with E-state index >= 15 is 0 Å². The van der Waals surface area contributed by atoms with Gasteiger partial charge in [0.1, 0.15) is 0 Å². The first-order valence-electron chi connectivity index (χ1n) is 10.2. The van der Waals surface area contributed by atoms with Crippen LogP contribution in [0.3, 0.4) is 0 Å². The highest BCUT2D eigenvalue weighted by molar-refractivity contribution is 7.11. The van der Waals surface area contributed by atoms with E-state index < -0.39 is 0 Å². The van der Waals surface area contributed by atoms with Crippen LogP contribution in [0.25, 0.3) is 0 Å². The topological polar surface area (TPSA) is 58.5 Å². The van der Waals surface area contributed by atoms with E-state index in [1.165, 1.54) is 21.6 Å². The van der Waals surface area contributed by atoms with Gasteiger partial charge in [-0.2, -0.15) is 0 Å². The lowest BCUT2D eigenvalue weighted by Gasteiger charge is -2.12. The van der Waals surface area contributed by atoms with Gasteiger partial charge in [0.25, 0.3) is 0 Å². The molecule has 1 aromatic heterocycles. The average Bonchev–Trinajstić information content (AvgIpc) is 3.09. The summed E-state index contributed by atoms with van der Waals surface area (Å²) in [5.74, 6) is 0.797. The molecule has 30 heavy (non-hydrogen) atoms. The van der Waals surface area contributed by atoms with Gasteiger partial charge in [0.2, 0.25) is 0 Å². The van der Waals surface area contributed by atoms with Crippen molar-refractivity contribution in [2.75, 3.05) is 13.6 Å². The Morgan fingerprint density at radius 2 is 1.70 bits per heavy atom. The smallest absolute Gasteiger partial charge is 0.191 e. The molecule has 2 N–H and O–H groups in total. The van der Waals surface area contributed by atoms with E-state index in [9.17, 15) is 0 Å². The van der Waals surface area contributed by atoms with Gasteiger partial charge in [-0.05, 0) is 30.5 Å². The largest absolute Gasteiger partial charge is 0.372 e. The number of guanidine groups is 1. The summed E-state index contributed by atoms with van der Waals surface area (Å²) >= 11 is 1.77. The molecule has 0 unspecified atom stereocenters. The van der Waals surface area contributed by atoms with Crippen molar-refractivity contribution in [3.8, 4) is 0 Å². The van der Waals surface area contributed by atoms with Crippen LogP contribution in [0, 0.1) is 13.8 Å². The second kappa shape index (κ2) is 11.5. The Labute approximate surface area is 183 Å². The van der Waals surface area contributed by atoms with Crippen LogP contribution < -0.4 is 10.6 Å². The maximum Gasteiger partial charge on any atom is 0.191 e. The Kier molecular flexibility index (Phi) is 8.41. The van der Waals surface area contributed by atoms with Gasteiger partial charge in [-0.1, -0.05) is 54.6 Å². The summed E-state index contributed by atoms with van der Waals surface area (Å²) in [5.41, 5.74) is 4.69. The molecule has 3 rings (SSSR count). The van der Waals surface area contributed by atoms with Gasteiger partial charge in [-0.15, -0.1) is 11.3 Å². The molecule has 0 aliphatic heterocycles. The molecular weight excluding hydrogens is 392 g/mol. The third-order valence-corrected chi connectivity index (χ3v) is 5.89. The standard InChI is InChI=1S/C24H30N4OS/c1-18-19(2)30-23(28-18)12-13-26-24(25-3)27-15-21-10-7-11-22(14-21)17-29-16-20-8-5-4-6-9-20/h4-11,14H,12-13,15-17H2,1-3H3,(H2,25,26,27). The number of aliphatic imine (C=N–C) groups is 1. The van der Waals surface area contributed by atoms with Gasteiger partial charge >= 0.3 is 0 Å². The molecule has 6 heteroatoms. The lowest BCUT2D eigenvalue weighted by molar-refractivity contribution is 0.107. The summed E-state index contributed by atoms with van der Waals surface area (Å²) in [6, 6.07) is 18.7. The summed E-state index contributed by atoms with van der Waals surface area (Å²) in [6.45, 7) is 6.91. The van der Waals surface area contributed by atoms with Crippen LogP contribution in [0.15, 0.2) is 59.6 Å². The van der Waals surface area contributed by atoms with Crippen molar-refractivity contribution in [3.05, 3.63) is 86.9 Å². The highest BCUT2D eigenvalue weighted by Gasteiger charge is 2.05. The quantitative estimate of drug-likeness (QED) is 0.397. The molecule has 0 saturated carbocycles. The molecular formula is C24H30N4OS. The number of aromatic nitrogens is 1. The highest BCUT2D eigenvalue weighted by atomic mass is 32.1. The van der Waals surface area contributed by atoms with Crippen molar-refractivity contribution in [1.29, 1.82) is 0 Å². The fourth-order valence-corrected chi connectivity index (χ4v) is 3.96. The second-order valence-corrected chi connectivity index (χ2v) is 8.44. The van der Waals surface area contributed by atoms with Gasteiger partial charge in [0, 0.05) is 31.4 Å². The number of nitrogens with one attached hydrogen (secondary N) is 2. The fourth-order valence-electron chi connectivity index (χ4n) is 3.03. The minimum absolute atomic E-state index is 0.600. The van der Waals surface area contributed by atoms with Crippen molar-refractivity contribution >= 4 is 17.3 Å². The fraction of sp³-hybridized carbons (Fsp3) is 0.333. The molecule has 2 aromatic carbocycles. The molecule has 0 saturated heterocycles. The van der Waals surface area contributed by atoms with Crippen LogP contribution in [0.2, 0.25) is 0 Å². The third kappa shape index (κ3) is 6.97. The van der Waals surface area contributed by atoms with E-state index in [1.807, 2.05) is 18.2 Å². The van der Waals surface area contributed by atoms with Crippen LogP contribution in [0.4, 0.5) is 0 Å². The molecule has 1 heterocycles. The predicted molar refractivity (Wildman–Crippen MR) is 125 cm³/mol. The zero-order valence-electron chi connectivity index (χ0n) is 17.9. The Morgan fingerprint density at radius 1 is 0.967 bits per heavy atom. The molecule has 5 nitrogen and oxygen atoms in total. The third-order valence-electron chi connectivity index (χ3n) is 4.76. The molecule has 158 valence electrons. The zero-order valence-corrected chi connectivity index (χ0v) is 18.8. The van der Waals surface area contributed by atoms with Crippen molar-refractivity contribution < 1.29 is 4.74 Å². The first kappa shape index (κ1) is 22.0. The van der Waals surface area contributed by atoms with Crippen molar-refractivity contribution in [1.82, 2.24) is 15.6 Å². The van der Waals surface area contributed by atoms with E-state index in [0.717, 1.165) is 29.6 Å². The first-order valence-corrected chi connectivity index (χ1v) is 11.0. The Hall–Kier alpha value is -2.70. The van der Waals surface area contributed by atoms with E-state index in [2.05, 4.69) is 70.9 Å². The molecule has 0 spiro atoms. The van der Waals surface area contributed by atoms with Crippen molar-refractivity contribution in [2.24, 2.45) is 4.99 Å².